The normalized spacial score (nSPS) is 14.6. The summed E-state index contributed by atoms with van der Waals surface area (Å²) in [6, 6.07) is 9.64. The molecule has 0 saturated heterocycles. The molecule has 2 atom stereocenters. The Bertz CT molecular complexity index is 1730. The van der Waals surface area contributed by atoms with E-state index in [2.05, 4.69) is 0 Å². The minimum absolute atomic E-state index is 0.0238. The molecule has 12 heteroatoms. The lowest BCUT2D eigenvalue weighted by atomic mass is 9.77. The summed E-state index contributed by atoms with van der Waals surface area (Å²) in [6.07, 6.45) is 0. The van der Waals surface area contributed by atoms with Crippen molar-refractivity contribution in [3.05, 3.63) is 80.9 Å². The summed E-state index contributed by atoms with van der Waals surface area (Å²) in [4.78, 5) is 0. The molecule has 0 aromatic heterocycles. The Morgan fingerprint density at radius 3 is 0.839 bits per heavy atom. The van der Waals surface area contributed by atoms with Gasteiger partial charge in [-0.3, -0.25) is 9.13 Å². The van der Waals surface area contributed by atoms with E-state index in [9.17, 15) is 20.4 Å². The van der Waals surface area contributed by atoms with Crippen molar-refractivity contribution in [2.45, 2.75) is 144 Å². The third-order valence-electron chi connectivity index (χ3n) is 9.76. The number of benzene rings is 3. The standard InChI is InChI=1S/C44H68O10P2/c1-17-51-55(49,52-18-2)39(27-21-31(41(5,6)7)37(47)32(22-27)42(8,9)10)29-25-36(46)30(26-35(29)45)40(56(50,53-19-3)54-20-4)28-23-33(43(11,12)13)38(48)34(24-28)44(14,15)16/h21-26,39-40,45-48H,17-20H2,1-16H3. The van der Waals surface area contributed by atoms with Gasteiger partial charge in [0.25, 0.3) is 0 Å². The Morgan fingerprint density at radius 2 is 0.661 bits per heavy atom. The monoisotopic (exact) mass is 818 g/mol. The lowest BCUT2D eigenvalue weighted by Gasteiger charge is -2.33. The van der Waals surface area contributed by atoms with E-state index in [4.69, 9.17) is 18.1 Å². The molecule has 0 aliphatic carbocycles. The number of hydrogen-bond acceptors (Lipinski definition) is 10. The van der Waals surface area contributed by atoms with E-state index >= 15 is 9.13 Å². The van der Waals surface area contributed by atoms with Crippen molar-refractivity contribution in [1.29, 1.82) is 0 Å². The molecule has 3 aromatic rings. The van der Waals surface area contributed by atoms with Crippen molar-refractivity contribution in [2.24, 2.45) is 0 Å². The van der Waals surface area contributed by atoms with Gasteiger partial charge in [0.1, 0.15) is 34.3 Å². The summed E-state index contributed by atoms with van der Waals surface area (Å²) < 4.78 is 53.9. The average Bonchev–Trinajstić information content (AvgIpc) is 3.02. The van der Waals surface area contributed by atoms with Gasteiger partial charge in [-0.15, -0.1) is 0 Å². The summed E-state index contributed by atoms with van der Waals surface area (Å²) in [7, 11) is -8.34. The zero-order valence-electron chi connectivity index (χ0n) is 36.6. The predicted molar refractivity (Wildman–Crippen MR) is 226 cm³/mol. The summed E-state index contributed by atoms with van der Waals surface area (Å²) in [5.41, 5.74) is -1.37. The Morgan fingerprint density at radius 1 is 0.446 bits per heavy atom. The van der Waals surface area contributed by atoms with Crippen LogP contribution in [-0.4, -0.2) is 46.9 Å². The van der Waals surface area contributed by atoms with Crippen LogP contribution in [0.4, 0.5) is 0 Å². The number of phenolic OH excluding ortho intramolecular Hbond substituents is 4. The van der Waals surface area contributed by atoms with Gasteiger partial charge in [0.2, 0.25) is 0 Å². The fourth-order valence-corrected chi connectivity index (χ4v) is 11.4. The summed E-state index contributed by atoms with van der Waals surface area (Å²) in [5.74, 6) is -0.525. The number of aromatic hydroxyl groups is 4. The molecule has 0 amide bonds. The van der Waals surface area contributed by atoms with Gasteiger partial charge in [-0.05, 0) is 94.9 Å². The second kappa shape index (κ2) is 17.2. The topological polar surface area (TPSA) is 152 Å². The van der Waals surface area contributed by atoms with Crippen LogP contribution in [-0.2, 0) is 48.9 Å². The third kappa shape index (κ3) is 10.1. The first kappa shape index (κ1) is 47.5. The van der Waals surface area contributed by atoms with Crippen LogP contribution in [0.3, 0.4) is 0 Å². The number of hydrogen-bond donors (Lipinski definition) is 4. The largest absolute Gasteiger partial charge is 0.508 e. The second-order valence-electron chi connectivity index (χ2n) is 18.5. The summed E-state index contributed by atoms with van der Waals surface area (Å²) >= 11 is 0. The van der Waals surface area contributed by atoms with E-state index in [1.165, 1.54) is 12.1 Å². The van der Waals surface area contributed by atoms with Gasteiger partial charge in [0.15, 0.2) is 0 Å². The molecule has 0 aliphatic heterocycles. The highest BCUT2D eigenvalue weighted by molar-refractivity contribution is 7.54. The molecule has 0 aliphatic rings. The molecule has 10 nitrogen and oxygen atoms in total. The number of rotatable bonds is 14. The van der Waals surface area contributed by atoms with Crippen LogP contribution in [0, 0.1) is 0 Å². The Hall–Kier alpha value is -2.84. The molecular formula is C44H68O10P2. The quantitative estimate of drug-likeness (QED) is 0.0913. The molecule has 0 bridgehead atoms. The van der Waals surface area contributed by atoms with Crippen molar-refractivity contribution in [3.8, 4) is 23.0 Å². The minimum Gasteiger partial charge on any atom is -0.508 e. The maximum absolute atomic E-state index is 15.0. The van der Waals surface area contributed by atoms with Crippen LogP contribution in [0.1, 0.15) is 167 Å². The van der Waals surface area contributed by atoms with Crippen LogP contribution in [0.5, 0.6) is 23.0 Å². The van der Waals surface area contributed by atoms with Crippen LogP contribution in [0.2, 0.25) is 0 Å². The molecule has 0 spiro atoms. The minimum atomic E-state index is -4.17. The van der Waals surface area contributed by atoms with Crippen molar-refractivity contribution in [2.75, 3.05) is 26.4 Å². The Kier molecular flexibility index (Phi) is 14.6. The Balaban J connectivity index is 2.60. The average molecular weight is 819 g/mol. The van der Waals surface area contributed by atoms with Gasteiger partial charge in [-0.1, -0.05) is 107 Å². The van der Waals surface area contributed by atoms with Gasteiger partial charge in [0, 0.05) is 11.1 Å². The fraction of sp³-hybridized carbons (Fsp3) is 0.591. The van der Waals surface area contributed by atoms with E-state index in [1.807, 2.05) is 83.1 Å². The zero-order chi connectivity index (χ0) is 43.0. The van der Waals surface area contributed by atoms with Crippen molar-refractivity contribution in [1.82, 2.24) is 0 Å². The molecule has 0 saturated carbocycles. The maximum atomic E-state index is 15.0. The van der Waals surface area contributed by atoms with Crippen molar-refractivity contribution in [3.63, 3.8) is 0 Å². The van der Waals surface area contributed by atoms with Crippen LogP contribution in [0.25, 0.3) is 0 Å². The van der Waals surface area contributed by atoms with E-state index < -0.39 is 48.2 Å². The van der Waals surface area contributed by atoms with E-state index in [0.29, 0.717) is 33.4 Å². The predicted octanol–water partition coefficient (Wildman–Crippen LogP) is 12.4. The zero-order valence-corrected chi connectivity index (χ0v) is 38.4. The second-order valence-corrected chi connectivity index (χ2v) is 22.7. The maximum Gasteiger partial charge on any atom is 0.342 e. The van der Waals surface area contributed by atoms with E-state index in [-0.39, 0.29) is 60.6 Å². The first-order chi connectivity index (χ1) is 25.5. The van der Waals surface area contributed by atoms with Gasteiger partial charge in [-0.2, -0.15) is 0 Å². The van der Waals surface area contributed by atoms with Crippen molar-refractivity contribution >= 4 is 15.2 Å². The lowest BCUT2D eigenvalue weighted by Crippen LogP contribution is -2.20. The van der Waals surface area contributed by atoms with Gasteiger partial charge < -0.3 is 38.5 Å². The van der Waals surface area contributed by atoms with Gasteiger partial charge in [0.05, 0.1) is 26.4 Å². The van der Waals surface area contributed by atoms with Crippen molar-refractivity contribution < 1.29 is 47.7 Å². The fourth-order valence-electron chi connectivity index (χ4n) is 7.12. The van der Waals surface area contributed by atoms with Crippen LogP contribution >= 0.6 is 15.2 Å². The molecule has 0 radical (unpaired) electrons. The van der Waals surface area contributed by atoms with E-state index in [0.717, 1.165) is 0 Å². The molecule has 56 heavy (non-hydrogen) atoms. The van der Waals surface area contributed by atoms with Gasteiger partial charge in [-0.25, -0.2) is 0 Å². The third-order valence-corrected chi connectivity index (χ3v) is 14.7. The van der Waals surface area contributed by atoms with Gasteiger partial charge >= 0.3 is 15.2 Å². The smallest absolute Gasteiger partial charge is 0.342 e. The molecule has 0 heterocycles. The first-order valence-electron chi connectivity index (χ1n) is 19.6. The summed E-state index contributed by atoms with van der Waals surface area (Å²) in [5, 5.41) is 47.5. The highest BCUT2D eigenvalue weighted by atomic mass is 31.2. The lowest BCUT2D eigenvalue weighted by molar-refractivity contribution is 0.213. The Labute approximate surface area is 336 Å². The molecular weight excluding hydrogens is 750 g/mol. The molecule has 4 N–H and O–H groups in total. The first-order valence-corrected chi connectivity index (χ1v) is 22.8. The SMILES string of the molecule is CCOP(=O)(OCC)C(c1cc(C(C)(C)C)c(O)c(C(C)(C)C)c1)c1cc(O)c(C(c2cc(C(C)(C)C)c(O)c(C(C)(C)C)c2)P(=O)(OCC)OCC)cc1O. The summed E-state index contributed by atoms with van der Waals surface area (Å²) in [6.45, 7) is 30.4. The molecule has 3 aromatic carbocycles. The van der Waals surface area contributed by atoms with Crippen LogP contribution < -0.4 is 0 Å². The van der Waals surface area contributed by atoms with E-state index in [1.54, 1.807) is 52.0 Å². The highest BCUT2D eigenvalue weighted by Crippen LogP contribution is 2.68. The molecule has 3 rings (SSSR count). The highest BCUT2D eigenvalue weighted by Gasteiger charge is 2.45. The molecule has 0 fully saturated rings. The molecule has 314 valence electrons. The number of phenols is 4. The van der Waals surface area contributed by atoms with Crippen LogP contribution in [0.15, 0.2) is 36.4 Å². The molecule has 2 unspecified atom stereocenters.